The predicted octanol–water partition coefficient (Wildman–Crippen LogP) is 3.32. The van der Waals surface area contributed by atoms with Gasteiger partial charge in [-0.1, -0.05) is 28.1 Å². The lowest BCUT2D eigenvalue weighted by Crippen LogP contribution is -2.44. The molecule has 1 aromatic carbocycles. The minimum Gasteiger partial charge on any atom is -0.343 e. The second kappa shape index (κ2) is 8.76. The Balaban J connectivity index is 0.00000220. The minimum absolute atomic E-state index is 0. The Morgan fingerprint density at radius 3 is 2.62 bits per heavy atom. The quantitative estimate of drug-likeness (QED) is 0.875. The first-order chi connectivity index (χ1) is 9.60. The topological polar surface area (TPSA) is 32.3 Å². The third-order valence-electron chi connectivity index (χ3n) is 4.11. The van der Waals surface area contributed by atoms with Crippen LogP contribution in [0.3, 0.4) is 0 Å². The van der Waals surface area contributed by atoms with Crippen molar-refractivity contribution in [3.8, 4) is 0 Å². The Morgan fingerprint density at radius 1 is 1.38 bits per heavy atom. The summed E-state index contributed by atoms with van der Waals surface area (Å²) in [6.45, 7) is 3.87. The summed E-state index contributed by atoms with van der Waals surface area (Å²) >= 11 is 3.50. The summed E-state index contributed by atoms with van der Waals surface area (Å²) in [6.07, 6.45) is 3.59. The smallest absolute Gasteiger partial charge is 0.222 e. The van der Waals surface area contributed by atoms with E-state index in [0.717, 1.165) is 36.8 Å². The van der Waals surface area contributed by atoms with E-state index in [4.69, 9.17) is 0 Å². The van der Waals surface area contributed by atoms with Crippen molar-refractivity contribution in [2.24, 2.45) is 0 Å². The number of carbonyl (C=O) groups is 1. The van der Waals surface area contributed by atoms with Crippen LogP contribution in [0.1, 0.15) is 30.4 Å². The summed E-state index contributed by atoms with van der Waals surface area (Å²) in [5.74, 6) is 0.292. The molecule has 1 N–H and O–H groups in total. The monoisotopic (exact) mass is 374 g/mol. The van der Waals surface area contributed by atoms with Crippen molar-refractivity contribution in [3.05, 3.63) is 33.8 Å². The molecule has 0 spiro atoms. The van der Waals surface area contributed by atoms with Gasteiger partial charge in [0.15, 0.2) is 0 Å². The van der Waals surface area contributed by atoms with Gasteiger partial charge < -0.3 is 10.2 Å². The summed E-state index contributed by atoms with van der Waals surface area (Å²) in [5.41, 5.74) is 2.47. The summed E-state index contributed by atoms with van der Waals surface area (Å²) in [7, 11) is 2.00. The summed E-state index contributed by atoms with van der Waals surface area (Å²) < 4.78 is 1.13. The molecule has 3 nitrogen and oxygen atoms in total. The van der Waals surface area contributed by atoms with E-state index in [1.807, 2.05) is 11.9 Å². The number of piperidine rings is 1. The van der Waals surface area contributed by atoms with Crippen molar-refractivity contribution in [2.75, 3.05) is 20.1 Å². The van der Waals surface area contributed by atoms with Gasteiger partial charge in [0.25, 0.3) is 0 Å². The summed E-state index contributed by atoms with van der Waals surface area (Å²) in [6, 6.07) is 6.89. The Labute approximate surface area is 142 Å². The molecule has 1 aliphatic rings. The van der Waals surface area contributed by atoms with Crippen LogP contribution in [-0.4, -0.2) is 37.0 Å². The van der Waals surface area contributed by atoms with Crippen molar-refractivity contribution in [2.45, 2.75) is 38.6 Å². The molecule has 0 aliphatic carbocycles. The fraction of sp³-hybridized carbons (Fsp3) is 0.562. The molecule has 0 bridgehead atoms. The molecule has 1 aliphatic heterocycles. The average molecular weight is 376 g/mol. The predicted molar refractivity (Wildman–Crippen MR) is 93.1 cm³/mol. The highest BCUT2D eigenvalue weighted by Gasteiger charge is 2.21. The lowest BCUT2D eigenvalue weighted by molar-refractivity contribution is -0.132. The molecule has 1 fully saturated rings. The highest BCUT2D eigenvalue weighted by molar-refractivity contribution is 9.10. The fourth-order valence-electron chi connectivity index (χ4n) is 2.69. The van der Waals surface area contributed by atoms with Crippen LogP contribution in [0.2, 0.25) is 0 Å². The normalized spacial score (nSPS) is 15.7. The number of amides is 1. The molecular formula is C16H24BrClN2O. The van der Waals surface area contributed by atoms with Crippen LogP contribution in [-0.2, 0) is 11.2 Å². The van der Waals surface area contributed by atoms with Crippen LogP contribution < -0.4 is 5.32 Å². The number of halogens is 2. The second-order valence-electron chi connectivity index (χ2n) is 5.53. The van der Waals surface area contributed by atoms with E-state index in [0.29, 0.717) is 18.4 Å². The van der Waals surface area contributed by atoms with E-state index < -0.39 is 0 Å². The lowest BCUT2D eigenvalue weighted by atomic mass is 10.0. The number of nitrogens with one attached hydrogen (secondary N) is 1. The standard InChI is InChI=1S/C16H23BrN2O.ClH/c1-12-11-13(3-5-15(12)17)4-6-16(20)19-9-7-14(18-2)8-10-19;/h3,5,11,14,18H,4,6-10H2,1-2H3;1H. The maximum absolute atomic E-state index is 12.2. The molecule has 1 aromatic rings. The van der Waals surface area contributed by atoms with E-state index in [2.05, 4.69) is 46.4 Å². The van der Waals surface area contributed by atoms with Crippen LogP contribution in [0.5, 0.6) is 0 Å². The van der Waals surface area contributed by atoms with Crippen molar-refractivity contribution in [1.29, 1.82) is 0 Å². The maximum atomic E-state index is 12.2. The molecule has 0 saturated carbocycles. The zero-order chi connectivity index (χ0) is 14.5. The zero-order valence-electron chi connectivity index (χ0n) is 12.7. The first-order valence-electron chi connectivity index (χ1n) is 7.30. The molecule has 0 unspecified atom stereocenters. The first kappa shape index (κ1) is 18.5. The largest absolute Gasteiger partial charge is 0.343 e. The van der Waals surface area contributed by atoms with E-state index in [9.17, 15) is 4.79 Å². The van der Waals surface area contributed by atoms with Crippen LogP contribution >= 0.6 is 28.3 Å². The summed E-state index contributed by atoms with van der Waals surface area (Å²) in [4.78, 5) is 14.2. The van der Waals surface area contributed by atoms with E-state index in [-0.39, 0.29) is 12.4 Å². The molecule has 1 heterocycles. The van der Waals surface area contributed by atoms with Crippen LogP contribution in [0, 0.1) is 6.92 Å². The molecule has 0 radical (unpaired) electrons. The highest BCUT2D eigenvalue weighted by atomic mass is 79.9. The maximum Gasteiger partial charge on any atom is 0.222 e. The molecule has 1 saturated heterocycles. The van der Waals surface area contributed by atoms with Crippen molar-refractivity contribution in [1.82, 2.24) is 10.2 Å². The Hall–Kier alpha value is -0.580. The van der Waals surface area contributed by atoms with Crippen LogP contribution in [0.25, 0.3) is 0 Å². The van der Waals surface area contributed by atoms with Crippen molar-refractivity contribution >= 4 is 34.2 Å². The van der Waals surface area contributed by atoms with Gasteiger partial charge >= 0.3 is 0 Å². The van der Waals surface area contributed by atoms with Gasteiger partial charge in [0, 0.05) is 30.0 Å². The number of likely N-dealkylation sites (tertiary alicyclic amines) is 1. The third-order valence-corrected chi connectivity index (χ3v) is 5.00. The molecule has 0 aromatic heterocycles. The van der Waals surface area contributed by atoms with E-state index >= 15 is 0 Å². The van der Waals surface area contributed by atoms with Gasteiger partial charge in [0.05, 0.1) is 0 Å². The Kier molecular flexibility index (Phi) is 7.71. The molecule has 5 heteroatoms. The number of nitrogens with zero attached hydrogens (tertiary/aromatic N) is 1. The van der Waals surface area contributed by atoms with Gasteiger partial charge in [0.2, 0.25) is 5.91 Å². The van der Waals surface area contributed by atoms with E-state index in [1.54, 1.807) is 0 Å². The van der Waals surface area contributed by atoms with Gasteiger partial charge in [-0.2, -0.15) is 0 Å². The lowest BCUT2D eigenvalue weighted by Gasteiger charge is -2.31. The first-order valence-corrected chi connectivity index (χ1v) is 8.09. The molecular weight excluding hydrogens is 352 g/mol. The number of hydrogen-bond donors (Lipinski definition) is 1. The van der Waals surface area contributed by atoms with Gasteiger partial charge in [0.1, 0.15) is 0 Å². The molecule has 0 atom stereocenters. The minimum atomic E-state index is 0. The van der Waals surface area contributed by atoms with E-state index in [1.165, 1.54) is 11.1 Å². The highest BCUT2D eigenvalue weighted by Crippen LogP contribution is 2.18. The SMILES string of the molecule is CNC1CCN(C(=O)CCc2ccc(Br)c(C)c2)CC1.Cl. The van der Waals surface area contributed by atoms with Crippen molar-refractivity contribution in [3.63, 3.8) is 0 Å². The van der Waals surface area contributed by atoms with Crippen molar-refractivity contribution < 1.29 is 4.79 Å². The molecule has 21 heavy (non-hydrogen) atoms. The Bertz CT molecular complexity index is 473. The van der Waals surface area contributed by atoms with Gasteiger partial charge in [-0.05, 0) is 50.4 Å². The fourth-order valence-corrected chi connectivity index (χ4v) is 2.94. The Morgan fingerprint density at radius 2 is 2.05 bits per heavy atom. The van der Waals surface area contributed by atoms with Gasteiger partial charge in [-0.15, -0.1) is 12.4 Å². The van der Waals surface area contributed by atoms with Crippen LogP contribution in [0.4, 0.5) is 0 Å². The molecule has 2 rings (SSSR count). The zero-order valence-corrected chi connectivity index (χ0v) is 15.1. The third kappa shape index (κ3) is 5.28. The summed E-state index contributed by atoms with van der Waals surface area (Å²) in [5, 5.41) is 3.29. The molecule has 118 valence electrons. The second-order valence-corrected chi connectivity index (χ2v) is 6.38. The number of carbonyl (C=O) groups excluding carboxylic acids is 1. The number of hydrogen-bond acceptors (Lipinski definition) is 2. The van der Waals surface area contributed by atoms with Crippen LogP contribution in [0.15, 0.2) is 22.7 Å². The van der Waals surface area contributed by atoms with Gasteiger partial charge in [-0.25, -0.2) is 0 Å². The number of rotatable bonds is 4. The number of benzene rings is 1. The number of aryl methyl sites for hydroxylation is 2. The molecule has 1 amide bonds. The van der Waals surface area contributed by atoms with Gasteiger partial charge in [-0.3, -0.25) is 4.79 Å². The average Bonchev–Trinajstić information content (AvgIpc) is 2.48.